The van der Waals surface area contributed by atoms with Gasteiger partial charge in [-0.25, -0.2) is 8.42 Å². The Balaban J connectivity index is 3.76. The number of alkyl halides is 1. The Morgan fingerprint density at radius 1 is 1.33 bits per heavy atom. The van der Waals surface area contributed by atoms with Crippen LogP contribution in [0.25, 0.3) is 0 Å². The molecule has 0 aromatic carbocycles. The van der Waals surface area contributed by atoms with Crippen molar-refractivity contribution in [3.05, 3.63) is 0 Å². The van der Waals surface area contributed by atoms with Gasteiger partial charge in [-0.15, -0.1) is 11.6 Å². The normalized spacial score (nSPS) is 13.5. The van der Waals surface area contributed by atoms with E-state index in [0.29, 0.717) is 12.4 Å². The Morgan fingerprint density at radius 3 is 2.40 bits per heavy atom. The van der Waals surface area contributed by atoms with Crippen molar-refractivity contribution in [3.8, 4) is 0 Å². The van der Waals surface area contributed by atoms with E-state index in [0.717, 1.165) is 25.5 Å². The summed E-state index contributed by atoms with van der Waals surface area (Å²) in [6, 6.07) is 0. The number of rotatable bonds is 7. The number of hydrogen-bond acceptors (Lipinski definition) is 3. The largest absolute Gasteiger partial charge is 0.355 e. The first-order valence-electron chi connectivity index (χ1n) is 4.92. The SMILES string of the molecule is CC(C(=O)NCCCCCCl)S(C)(=O)=O. The van der Waals surface area contributed by atoms with Gasteiger partial charge in [0, 0.05) is 18.7 Å². The topological polar surface area (TPSA) is 63.2 Å². The van der Waals surface area contributed by atoms with Crippen LogP contribution in [0.3, 0.4) is 0 Å². The van der Waals surface area contributed by atoms with Crippen LogP contribution in [0.4, 0.5) is 0 Å². The summed E-state index contributed by atoms with van der Waals surface area (Å²) in [5, 5.41) is 1.62. The van der Waals surface area contributed by atoms with E-state index in [1.54, 1.807) is 0 Å². The molecule has 0 saturated carbocycles. The quantitative estimate of drug-likeness (QED) is 0.544. The number of nitrogens with one attached hydrogen (secondary N) is 1. The van der Waals surface area contributed by atoms with Crippen LogP contribution >= 0.6 is 11.6 Å². The average molecular weight is 256 g/mol. The zero-order valence-electron chi connectivity index (χ0n) is 9.12. The van der Waals surface area contributed by atoms with Crippen molar-refractivity contribution in [2.45, 2.75) is 31.4 Å². The third-order valence-corrected chi connectivity index (χ3v) is 3.89. The molecule has 90 valence electrons. The van der Waals surface area contributed by atoms with Crippen LogP contribution in [0.5, 0.6) is 0 Å². The van der Waals surface area contributed by atoms with Crippen LogP contribution in [-0.2, 0) is 14.6 Å². The molecule has 0 aliphatic carbocycles. The fraction of sp³-hybridized carbons (Fsp3) is 0.889. The molecule has 1 N–H and O–H groups in total. The summed E-state index contributed by atoms with van der Waals surface area (Å²) in [4.78, 5) is 11.3. The van der Waals surface area contributed by atoms with Crippen molar-refractivity contribution in [1.29, 1.82) is 0 Å². The highest BCUT2D eigenvalue weighted by molar-refractivity contribution is 7.92. The predicted molar refractivity (Wildman–Crippen MR) is 61.9 cm³/mol. The second-order valence-electron chi connectivity index (χ2n) is 3.51. The van der Waals surface area contributed by atoms with Crippen molar-refractivity contribution in [3.63, 3.8) is 0 Å². The molecule has 0 fully saturated rings. The second kappa shape index (κ2) is 7.06. The van der Waals surface area contributed by atoms with E-state index in [1.807, 2.05) is 0 Å². The Kier molecular flexibility index (Phi) is 6.92. The van der Waals surface area contributed by atoms with Crippen LogP contribution in [0.15, 0.2) is 0 Å². The molecule has 0 aromatic rings. The fourth-order valence-electron chi connectivity index (χ4n) is 0.946. The molecule has 0 bridgehead atoms. The van der Waals surface area contributed by atoms with E-state index in [2.05, 4.69) is 5.32 Å². The number of hydrogen-bond donors (Lipinski definition) is 1. The van der Waals surface area contributed by atoms with Gasteiger partial charge in [0.15, 0.2) is 9.84 Å². The van der Waals surface area contributed by atoms with Gasteiger partial charge in [0.2, 0.25) is 5.91 Å². The molecule has 0 heterocycles. The first-order chi connectivity index (χ1) is 6.89. The van der Waals surface area contributed by atoms with Crippen molar-refractivity contribution >= 4 is 27.3 Å². The molecule has 1 amide bonds. The molecule has 1 atom stereocenters. The van der Waals surface area contributed by atoms with E-state index >= 15 is 0 Å². The van der Waals surface area contributed by atoms with Gasteiger partial charge in [-0.3, -0.25) is 4.79 Å². The standard InChI is InChI=1S/C9H18ClNO3S/c1-8(15(2,13)14)9(12)11-7-5-3-4-6-10/h8H,3-7H2,1-2H3,(H,11,12). The highest BCUT2D eigenvalue weighted by Gasteiger charge is 2.22. The van der Waals surface area contributed by atoms with Crippen molar-refractivity contribution in [2.24, 2.45) is 0 Å². The minimum absolute atomic E-state index is 0.427. The summed E-state index contributed by atoms with van der Waals surface area (Å²) in [6.07, 6.45) is 3.75. The summed E-state index contributed by atoms with van der Waals surface area (Å²) < 4.78 is 22.1. The summed E-state index contributed by atoms with van der Waals surface area (Å²) in [7, 11) is -3.28. The molecule has 0 aliphatic heterocycles. The third kappa shape index (κ3) is 6.73. The second-order valence-corrected chi connectivity index (χ2v) is 6.26. The van der Waals surface area contributed by atoms with Crippen LogP contribution in [0.2, 0.25) is 0 Å². The zero-order valence-corrected chi connectivity index (χ0v) is 10.7. The minimum Gasteiger partial charge on any atom is -0.355 e. The first-order valence-corrected chi connectivity index (χ1v) is 7.41. The molecule has 15 heavy (non-hydrogen) atoms. The van der Waals surface area contributed by atoms with Crippen LogP contribution < -0.4 is 5.32 Å². The van der Waals surface area contributed by atoms with Gasteiger partial charge in [0.05, 0.1) is 0 Å². The summed E-state index contributed by atoms with van der Waals surface area (Å²) >= 11 is 5.49. The minimum atomic E-state index is -3.28. The molecule has 0 radical (unpaired) electrons. The molecular weight excluding hydrogens is 238 g/mol. The number of amides is 1. The van der Waals surface area contributed by atoms with E-state index in [-0.39, 0.29) is 0 Å². The molecule has 0 aromatic heterocycles. The number of unbranched alkanes of at least 4 members (excludes halogenated alkanes) is 2. The molecule has 0 saturated heterocycles. The summed E-state index contributed by atoms with van der Waals surface area (Å²) in [5.41, 5.74) is 0. The van der Waals surface area contributed by atoms with Gasteiger partial charge >= 0.3 is 0 Å². The van der Waals surface area contributed by atoms with Gasteiger partial charge in [-0.05, 0) is 19.8 Å². The van der Waals surface area contributed by atoms with E-state index in [9.17, 15) is 13.2 Å². The number of halogens is 1. The number of carbonyl (C=O) groups is 1. The highest BCUT2D eigenvalue weighted by Crippen LogP contribution is 1.99. The number of sulfone groups is 1. The molecule has 0 rings (SSSR count). The Morgan fingerprint density at radius 2 is 1.93 bits per heavy atom. The zero-order chi connectivity index (χ0) is 11.9. The average Bonchev–Trinajstić information content (AvgIpc) is 2.14. The van der Waals surface area contributed by atoms with Crippen molar-refractivity contribution < 1.29 is 13.2 Å². The van der Waals surface area contributed by atoms with Gasteiger partial charge in [-0.2, -0.15) is 0 Å². The molecule has 6 heteroatoms. The van der Waals surface area contributed by atoms with Crippen molar-refractivity contribution in [1.82, 2.24) is 5.32 Å². The fourth-order valence-corrected chi connectivity index (χ4v) is 1.61. The van der Waals surface area contributed by atoms with E-state index < -0.39 is 21.0 Å². The Labute approximate surface area is 96.3 Å². The lowest BCUT2D eigenvalue weighted by Crippen LogP contribution is -2.37. The monoisotopic (exact) mass is 255 g/mol. The number of carbonyl (C=O) groups excluding carboxylic acids is 1. The molecular formula is C9H18ClNO3S. The maximum atomic E-state index is 11.3. The lowest BCUT2D eigenvalue weighted by molar-refractivity contribution is -0.120. The van der Waals surface area contributed by atoms with Crippen LogP contribution in [0, 0.1) is 0 Å². The third-order valence-electron chi connectivity index (χ3n) is 2.12. The van der Waals surface area contributed by atoms with Gasteiger partial charge in [-0.1, -0.05) is 6.42 Å². The van der Waals surface area contributed by atoms with E-state index in [1.165, 1.54) is 6.92 Å². The molecule has 0 aliphatic rings. The smallest absolute Gasteiger partial charge is 0.238 e. The molecule has 0 spiro atoms. The molecule has 1 unspecified atom stereocenters. The Bertz CT molecular complexity index is 290. The molecule has 4 nitrogen and oxygen atoms in total. The van der Waals surface area contributed by atoms with Crippen LogP contribution in [0.1, 0.15) is 26.2 Å². The lowest BCUT2D eigenvalue weighted by Gasteiger charge is -2.09. The highest BCUT2D eigenvalue weighted by atomic mass is 35.5. The lowest BCUT2D eigenvalue weighted by atomic mass is 10.2. The summed E-state index contributed by atoms with van der Waals surface area (Å²) in [5.74, 6) is 0.191. The van der Waals surface area contributed by atoms with Gasteiger partial charge in [0.25, 0.3) is 0 Å². The maximum Gasteiger partial charge on any atom is 0.238 e. The predicted octanol–water partition coefficient (Wildman–Crippen LogP) is 0.945. The van der Waals surface area contributed by atoms with Gasteiger partial charge < -0.3 is 5.32 Å². The Hall–Kier alpha value is -0.290. The van der Waals surface area contributed by atoms with Crippen LogP contribution in [-0.4, -0.2) is 38.3 Å². The summed E-state index contributed by atoms with van der Waals surface area (Å²) in [6.45, 7) is 1.90. The first kappa shape index (κ1) is 14.7. The maximum absolute atomic E-state index is 11.3. The van der Waals surface area contributed by atoms with E-state index in [4.69, 9.17) is 11.6 Å². The van der Waals surface area contributed by atoms with Gasteiger partial charge in [0.1, 0.15) is 5.25 Å². The van der Waals surface area contributed by atoms with Crippen molar-refractivity contribution in [2.75, 3.05) is 18.7 Å².